The maximum Gasteiger partial charge on any atom is 0.114 e. The molecule has 1 aliphatic heterocycles. The number of aliphatic hydroxyl groups is 1. The van der Waals surface area contributed by atoms with Crippen molar-refractivity contribution in [2.45, 2.75) is 44.8 Å². The summed E-state index contributed by atoms with van der Waals surface area (Å²) in [7, 11) is 0. The third-order valence-electron chi connectivity index (χ3n) is 2.30. The van der Waals surface area contributed by atoms with Crippen LogP contribution in [-0.4, -0.2) is 23.4 Å². The molecule has 2 heteroatoms. The summed E-state index contributed by atoms with van der Waals surface area (Å²) in [5.41, 5.74) is -0.490. The summed E-state index contributed by atoms with van der Waals surface area (Å²) in [6, 6.07) is 0. The van der Waals surface area contributed by atoms with E-state index in [1.165, 1.54) is 0 Å². The fraction of sp³-hybridized carbons (Fsp3) is 1.00. The monoisotopic (exact) mass is 144 g/mol. The van der Waals surface area contributed by atoms with Gasteiger partial charge >= 0.3 is 0 Å². The predicted molar refractivity (Wildman–Crippen MR) is 39.9 cm³/mol. The van der Waals surface area contributed by atoms with Gasteiger partial charge in [-0.15, -0.1) is 0 Å². The van der Waals surface area contributed by atoms with E-state index in [1.807, 2.05) is 6.92 Å². The van der Waals surface area contributed by atoms with E-state index in [2.05, 4.69) is 6.92 Å². The first-order valence-electron chi connectivity index (χ1n) is 4.03. The van der Waals surface area contributed by atoms with Crippen molar-refractivity contribution in [3.63, 3.8) is 0 Å². The highest BCUT2D eigenvalue weighted by atomic mass is 16.6. The van der Waals surface area contributed by atoms with E-state index < -0.39 is 5.60 Å². The van der Waals surface area contributed by atoms with Crippen molar-refractivity contribution in [3.05, 3.63) is 0 Å². The smallest absolute Gasteiger partial charge is 0.114 e. The molecule has 10 heavy (non-hydrogen) atoms. The Labute approximate surface area is 62.2 Å². The summed E-state index contributed by atoms with van der Waals surface area (Å²) in [6.45, 7) is 4.60. The van der Waals surface area contributed by atoms with Gasteiger partial charge in [0.1, 0.15) is 5.60 Å². The molecule has 0 aliphatic carbocycles. The largest absolute Gasteiger partial charge is 0.385 e. The second-order valence-corrected chi connectivity index (χ2v) is 3.16. The van der Waals surface area contributed by atoms with Gasteiger partial charge in [0, 0.05) is 0 Å². The second-order valence-electron chi connectivity index (χ2n) is 3.16. The molecule has 1 N–H and O–H groups in total. The predicted octanol–water partition coefficient (Wildman–Crippen LogP) is 1.33. The van der Waals surface area contributed by atoms with Crippen molar-refractivity contribution < 1.29 is 9.84 Å². The Morgan fingerprint density at radius 1 is 1.70 bits per heavy atom. The number of hydrogen-bond donors (Lipinski definition) is 1. The van der Waals surface area contributed by atoms with Crippen LogP contribution in [0.4, 0.5) is 0 Å². The van der Waals surface area contributed by atoms with E-state index in [9.17, 15) is 5.11 Å². The van der Waals surface area contributed by atoms with Crippen LogP contribution in [0.15, 0.2) is 0 Å². The average molecular weight is 144 g/mol. The fourth-order valence-electron chi connectivity index (χ4n) is 1.20. The van der Waals surface area contributed by atoms with Gasteiger partial charge < -0.3 is 9.84 Å². The molecule has 2 atom stereocenters. The number of unbranched alkanes of at least 4 members (excludes halogenated alkanes) is 1. The van der Waals surface area contributed by atoms with Crippen molar-refractivity contribution in [2.75, 3.05) is 6.61 Å². The molecule has 0 saturated carbocycles. The Morgan fingerprint density at radius 2 is 2.40 bits per heavy atom. The molecule has 1 saturated heterocycles. The van der Waals surface area contributed by atoms with E-state index in [1.54, 1.807) is 0 Å². The van der Waals surface area contributed by atoms with Gasteiger partial charge in [-0.1, -0.05) is 19.8 Å². The van der Waals surface area contributed by atoms with Gasteiger partial charge in [0.2, 0.25) is 0 Å². The lowest BCUT2D eigenvalue weighted by Gasteiger charge is -2.43. The summed E-state index contributed by atoms with van der Waals surface area (Å²) in [6.07, 6.45) is 3.20. The van der Waals surface area contributed by atoms with Crippen molar-refractivity contribution in [1.29, 1.82) is 0 Å². The topological polar surface area (TPSA) is 29.5 Å². The molecule has 0 aromatic carbocycles. The molecule has 1 heterocycles. The van der Waals surface area contributed by atoms with Crippen LogP contribution in [0.25, 0.3) is 0 Å². The van der Waals surface area contributed by atoms with Crippen molar-refractivity contribution in [2.24, 2.45) is 0 Å². The maximum atomic E-state index is 9.68. The zero-order valence-electron chi connectivity index (χ0n) is 6.76. The van der Waals surface area contributed by atoms with Crippen molar-refractivity contribution in [3.8, 4) is 0 Å². The fourth-order valence-corrected chi connectivity index (χ4v) is 1.20. The van der Waals surface area contributed by atoms with Crippen LogP contribution in [0.2, 0.25) is 0 Å². The highest BCUT2D eigenvalue weighted by molar-refractivity contribution is 4.92. The van der Waals surface area contributed by atoms with E-state index in [0.717, 1.165) is 19.3 Å². The Morgan fingerprint density at radius 3 is 2.70 bits per heavy atom. The minimum atomic E-state index is -0.490. The summed E-state index contributed by atoms with van der Waals surface area (Å²) < 4.78 is 5.09. The molecule has 0 aromatic rings. The van der Waals surface area contributed by atoms with Gasteiger partial charge in [-0.05, 0) is 13.3 Å². The Kier molecular flexibility index (Phi) is 2.32. The van der Waals surface area contributed by atoms with Crippen LogP contribution in [-0.2, 0) is 4.74 Å². The minimum absolute atomic E-state index is 0.0547. The lowest BCUT2D eigenvalue weighted by molar-refractivity contribution is -0.232. The molecular formula is C8H16O2. The maximum absolute atomic E-state index is 9.68. The van der Waals surface area contributed by atoms with E-state index in [-0.39, 0.29) is 6.10 Å². The van der Waals surface area contributed by atoms with E-state index in [0.29, 0.717) is 6.61 Å². The van der Waals surface area contributed by atoms with Gasteiger partial charge in [-0.2, -0.15) is 0 Å². The molecule has 0 spiro atoms. The summed E-state index contributed by atoms with van der Waals surface area (Å²) >= 11 is 0. The third-order valence-corrected chi connectivity index (χ3v) is 2.30. The van der Waals surface area contributed by atoms with Crippen molar-refractivity contribution in [1.82, 2.24) is 0 Å². The molecule has 0 aromatic heterocycles. The summed E-state index contributed by atoms with van der Waals surface area (Å²) in [4.78, 5) is 0. The van der Waals surface area contributed by atoms with Crippen LogP contribution in [0.1, 0.15) is 33.1 Å². The molecule has 1 aliphatic rings. The molecule has 2 nitrogen and oxygen atoms in total. The van der Waals surface area contributed by atoms with Gasteiger partial charge in [0.15, 0.2) is 0 Å². The zero-order valence-corrected chi connectivity index (χ0v) is 6.76. The highest BCUT2D eigenvalue weighted by Gasteiger charge is 2.42. The lowest BCUT2D eigenvalue weighted by atomic mass is 9.88. The van der Waals surface area contributed by atoms with Gasteiger partial charge in [-0.25, -0.2) is 0 Å². The van der Waals surface area contributed by atoms with Crippen LogP contribution in [0.5, 0.6) is 0 Å². The van der Waals surface area contributed by atoms with Gasteiger partial charge in [0.05, 0.1) is 12.7 Å². The first-order valence-corrected chi connectivity index (χ1v) is 4.03. The Balaban J connectivity index is 2.24. The van der Waals surface area contributed by atoms with Crippen LogP contribution >= 0.6 is 0 Å². The molecule has 1 rings (SSSR count). The minimum Gasteiger partial charge on any atom is -0.385 e. The molecule has 2 unspecified atom stereocenters. The van der Waals surface area contributed by atoms with Crippen molar-refractivity contribution >= 4 is 0 Å². The first kappa shape index (κ1) is 8.02. The van der Waals surface area contributed by atoms with Crippen LogP contribution in [0.3, 0.4) is 0 Å². The SMILES string of the molecule is CCCCC1(O)COC1C. The van der Waals surface area contributed by atoms with Gasteiger partial charge in [0.25, 0.3) is 0 Å². The van der Waals surface area contributed by atoms with Crippen LogP contribution < -0.4 is 0 Å². The number of ether oxygens (including phenoxy) is 1. The second kappa shape index (κ2) is 2.89. The molecule has 60 valence electrons. The molecule has 0 radical (unpaired) electrons. The molecule has 0 amide bonds. The normalized spacial score (nSPS) is 39.3. The zero-order chi connectivity index (χ0) is 7.61. The van der Waals surface area contributed by atoms with E-state index in [4.69, 9.17) is 4.74 Å². The quantitative estimate of drug-likeness (QED) is 0.647. The molecule has 1 fully saturated rings. The van der Waals surface area contributed by atoms with Crippen LogP contribution in [0, 0.1) is 0 Å². The molecule has 0 bridgehead atoms. The standard InChI is InChI=1S/C8H16O2/c1-3-4-5-8(9)6-10-7(8)2/h7,9H,3-6H2,1-2H3. The Hall–Kier alpha value is -0.0800. The van der Waals surface area contributed by atoms with E-state index >= 15 is 0 Å². The summed E-state index contributed by atoms with van der Waals surface area (Å²) in [5, 5.41) is 9.68. The third kappa shape index (κ3) is 1.32. The first-order chi connectivity index (χ1) is 4.69. The highest BCUT2D eigenvalue weighted by Crippen LogP contribution is 2.29. The Bertz CT molecular complexity index is 114. The van der Waals surface area contributed by atoms with Gasteiger partial charge in [-0.3, -0.25) is 0 Å². The lowest BCUT2D eigenvalue weighted by Crippen LogP contribution is -2.56. The molecular weight excluding hydrogens is 128 g/mol. The summed E-state index contributed by atoms with van der Waals surface area (Å²) in [5.74, 6) is 0. The number of rotatable bonds is 3. The average Bonchev–Trinajstić information content (AvgIpc) is 1.97. The number of hydrogen-bond acceptors (Lipinski definition) is 2.